The molecule has 1 aromatic carbocycles. The minimum absolute atomic E-state index is 0.109. The first-order valence-corrected chi connectivity index (χ1v) is 6.75. The number of anilines is 1. The monoisotopic (exact) mass is 247 g/mol. The number of nitrogens with one attached hydrogen (secondary N) is 1. The second kappa shape index (κ2) is 4.86. The number of benzene rings is 1. The minimum atomic E-state index is -3.26. The van der Waals surface area contributed by atoms with Crippen molar-refractivity contribution in [3.63, 3.8) is 0 Å². The summed E-state index contributed by atoms with van der Waals surface area (Å²) in [6.07, 6.45) is 0.582. The maximum atomic E-state index is 11.5. The molecule has 84 valence electrons. The second-order valence-electron chi connectivity index (χ2n) is 3.35. The van der Waals surface area contributed by atoms with Crippen molar-refractivity contribution in [1.29, 1.82) is 0 Å². The van der Waals surface area contributed by atoms with Crippen LogP contribution in [0.1, 0.15) is 18.9 Å². The summed E-state index contributed by atoms with van der Waals surface area (Å²) in [6.45, 7) is 3.63. The Hall–Kier alpha value is -0.740. The lowest BCUT2D eigenvalue weighted by Crippen LogP contribution is -2.17. The summed E-state index contributed by atoms with van der Waals surface area (Å²) in [5, 5.41) is 0.426. The Morgan fingerprint density at radius 3 is 2.60 bits per heavy atom. The zero-order chi connectivity index (χ0) is 11.5. The molecule has 15 heavy (non-hydrogen) atoms. The first-order chi connectivity index (χ1) is 6.96. The van der Waals surface area contributed by atoms with Crippen molar-refractivity contribution < 1.29 is 8.42 Å². The third-order valence-electron chi connectivity index (χ3n) is 1.95. The van der Waals surface area contributed by atoms with Gasteiger partial charge in [0.2, 0.25) is 10.0 Å². The van der Waals surface area contributed by atoms with Gasteiger partial charge in [-0.25, -0.2) is 8.42 Å². The van der Waals surface area contributed by atoms with Gasteiger partial charge < -0.3 is 0 Å². The molecule has 5 heteroatoms. The van der Waals surface area contributed by atoms with Gasteiger partial charge in [0.1, 0.15) is 0 Å². The van der Waals surface area contributed by atoms with Gasteiger partial charge >= 0.3 is 0 Å². The van der Waals surface area contributed by atoms with Crippen LogP contribution >= 0.6 is 11.6 Å². The van der Waals surface area contributed by atoms with E-state index in [9.17, 15) is 8.42 Å². The van der Waals surface area contributed by atoms with Crippen LogP contribution in [0.4, 0.5) is 5.69 Å². The molecule has 0 saturated carbocycles. The van der Waals surface area contributed by atoms with Gasteiger partial charge in [-0.1, -0.05) is 30.7 Å². The van der Waals surface area contributed by atoms with Crippen molar-refractivity contribution in [1.82, 2.24) is 0 Å². The van der Waals surface area contributed by atoms with E-state index >= 15 is 0 Å². The van der Waals surface area contributed by atoms with Crippen LogP contribution in [-0.4, -0.2) is 14.2 Å². The van der Waals surface area contributed by atoms with Gasteiger partial charge in [-0.3, -0.25) is 4.72 Å². The predicted octanol–water partition coefficient (Wildman–Crippen LogP) is 2.80. The first-order valence-electron chi connectivity index (χ1n) is 4.72. The first kappa shape index (κ1) is 12.3. The summed E-state index contributed by atoms with van der Waals surface area (Å²) < 4.78 is 25.6. The Labute approximate surface area is 95.5 Å². The fourth-order valence-corrected chi connectivity index (χ4v) is 2.78. The summed E-state index contributed by atoms with van der Waals surface area (Å²) in [6, 6.07) is 5.27. The van der Waals surface area contributed by atoms with Crippen LogP contribution in [0.15, 0.2) is 18.2 Å². The zero-order valence-corrected chi connectivity index (χ0v) is 10.3. The fourth-order valence-electron chi connectivity index (χ4n) is 1.24. The van der Waals surface area contributed by atoms with Crippen LogP contribution in [-0.2, 0) is 10.0 Å². The summed E-state index contributed by atoms with van der Waals surface area (Å²) in [4.78, 5) is 0. The molecule has 0 bridgehead atoms. The SMILES string of the molecule is CCCS(=O)(=O)Nc1c(C)cccc1Cl. The molecule has 1 aromatic rings. The van der Waals surface area contributed by atoms with E-state index in [4.69, 9.17) is 11.6 Å². The number of halogens is 1. The molecule has 0 aliphatic carbocycles. The predicted molar refractivity (Wildman–Crippen MR) is 63.9 cm³/mol. The van der Waals surface area contributed by atoms with Crippen molar-refractivity contribution in [2.45, 2.75) is 20.3 Å². The van der Waals surface area contributed by atoms with Crippen LogP contribution in [0.25, 0.3) is 0 Å². The number of para-hydroxylation sites is 1. The lowest BCUT2D eigenvalue weighted by Gasteiger charge is -2.11. The number of rotatable bonds is 4. The lowest BCUT2D eigenvalue weighted by molar-refractivity contribution is 0.600. The standard InChI is InChI=1S/C10H14ClNO2S/c1-3-7-15(13,14)12-10-8(2)5-4-6-9(10)11/h4-6,12H,3,7H2,1-2H3. The maximum absolute atomic E-state index is 11.5. The summed E-state index contributed by atoms with van der Waals surface area (Å²) in [5.74, 6) is 0.109. The number of sulfonamides is 1. The Bertz CT molecular complexity index is 422. The average Bonchev–Trinajstić information content (AvgIpc) is 2.11. The quantitative estimate of drug-likeness (QED) is 0.889. The molecule has 0 atom stereocenters. The van der Waals surface area contributed by atoms with Crippen LogP contribution in [0.2, 0.25) is 5.02 Å². The lowest BCUT2D eigenvalue weighted by atomic mass is 10.2. The Kier molecular flexibility index (Phi) is 3.99. The van der Waals surface area contributed by atoms with E-state index in [1.54, 1.807) is 12.1 Å². The molecule has 1 rings (SSSR count). The van der Waals surface area contributed by atoms with Gasteiger partial charge in [-0.2, -0.15) is 0 Å². The highest BCUT2D eigenvalue weighted by atomic mass is 35.5. The van der Waals surface area contributed by atoms with Gasteiger partial charge in [0.05, 0.1) is 16.5 Å². The van der Waals surface area contributed by atoms with Crippen LogP contribution in [0.3, 0.4) is 0 Å². The van der Waals surface area contributed by atoms with E-state index in [0.29, 0.717) is 17.1 Å². The molecule has 0 spiro atoms. The van der Waals surface area contributed by atoms with Crippen molar-refractivity contribution in [2.75, 3.05) is 10.5 Å². The molecule has 0 saturated heterocycles. The van der Waals surface area contributed by atoms with E-state index in [1.807, 2.05) is 19.9 Å². The largest absolute Gasteiger partial charge is 0.282 e. The van der Waals surface area contributed by atoms with Gasteiger partial charge in [-0.05, 0) is 25.0 Å². The highest BCUT2D eigenvalue weighted by Gasteiger charge is 2.12. The van der Waals surface area contributed by atoms with Crippen LogP contribution in [0.5, 0.6) is 0 Å². The normalized spacial score (nSPS) is 11.4. The molecule has 0 unspecified atom stereocenters. The fraction of sp³-hybridized carbons (Fsp3) is 0.400. The van der Waals surface area contributed by atoms with Crippen LogP contribution < -0.4 is 4.72 Å². The van der Waals surface area contributed by atoms with E-state index in [2.05, 4.69) is 4.72 Å². The van der Waals surface area contributed by atoms with Gasteiger partial charge in [0.15, 0.2) is 0 Å². The third-order valence-corrected chi connectivity index (χ3v) is 3.73. The van der Waals surface area contributed by atoms with Crippen molar-refractivity contribution >= 4 is 27.3 Å². The molecule has 0 amide bonds. The highest BCUT2D eigenvalue weighted by molar-refractivity contribution is 7.92. The highest BCUT2D eigenvalue weighted by Crippen LogP contribution is 2.26. The van der Waals surface area contributed by atoms with E-state index in [-0.39, 0.29) is 5.75 Å². The molecule has 0 heterocycles. The summed E-state index contributed by atoms with van der Waals surface area (Å²) in [5.41, 5.74) is 1.30. The maximum Gasteiger partial charge on any atom is 0.232 e. The van der Waals surface area contributed by atoms with Gasteiger partial charge in [-0.15, -0.1) is 0 Å². The molecule has 1 N–H and O–H groups in total. The Morgan fingerprint density at radius 2 is 2.07 bits per heavy atom. The van der Waals surface area contributed by atoms with Crippen LogP contribution in [0, 0.1) is 6.92 Å². The average molecular weight is 248 g/mol. The second-order valence-corrected chi connectivity index (χ2v) is 5.60. The molecule has 0 fully saturated rings. The Balaban J connectivity index is 2.99. The number of hydrogen-bond acceptors (Lipinski definition) is 2. The van der Waals surface area contributed by atoms with Crippen molar-refractivity contribution in [3.8, 4) is 0 Å². The number of aryl methyl sites for hydroxylation is 1. The molecule has 3 nitrogen and oxygen atoms in total. The third kappa shape index (κ3) is 3.39. The van der Waals surface area contributed by atoms with E-state index in [0.717, 1.165) is 5.56 Å². The molecular formula is C10H14ClNO2S. The van der Waals surface area contributed by atoms with Crippen molar-refractivity contribution in [3.05, 3.63) is 28.8 Å². The molecule has 0 aliphatic rings. The molecule has 0 radical (unpaired) electrons. The van der Waals surface area contributed by atoms with E-state index in [1.165, 1.54) is 0 Å². The minimum Gasteiger partial charge on any atom is -0.282 e. The molecule has 0 aliphatic heterocycles. The molecular weight excluding hydrogens is 234 g/mol. The molecule has 0 aromatic heterocycles. The summed E-state index contributed by atoms with van der Waals surface area (Å²) >= 11 is 5.91. The topological polar surface area (TPSA) is 46.2 Å². The Morgan fingerprint density at radius 1 is 1.40 bits per heavy atom. The smallest absolute Gasteiger partial charge is 0.232 e. The van der Waals surface area contributed by atoms with Gasteiger partial charge in [0.25, 0.3) is 0 Å². The summed E-state index contributed by atoms with van der Waals surface area (Å²) in [7, 11) is -3.26. The van der Waals surface area contributed by atoms with Gasteiger partial charge in [0, 0.05) is 0 Å². The zero-order valence-electron chi connectivity index (χ0n) is 8.75. The van der Waals surface area contributed by atoms with Crippen molar-refractivity contribution in [2.24, 2.45) is 0 Å². The van der Waals surface area contributed by atoms with E-state index < -0.39 is 10.0 Å². The number of hydrogen-bond donors (Lipinski definition) is 1.